The van der Waals surface area contributed by atoms with Gasteiger partial charge in [0.25, 0.3) is 0 Å². The highest BCUT2D eigenvalue weighted by molar-refractivity contribution is 7.80. The standard InChI is InChI=1S/C17H18N2O2S/c1-20-14-9-7-13(8-10-14)18-17(22)19-11-16(12-19)21-15-5-3-2-4-6-15/h2-10,16H,11-12H2,1H3,(H,18,22). The molecule has 1 aliphatic rings. The van der Waals surface area contributed by atoms with Crippen LogP contribution in [0.5, 0.6) is 11.5 Å². The zero-order valence-electron chi connectivity index (χ0n) is 12.4. The normalized spacial score (nSPS) is 14.1. The van der Waals surface area contributed by atoms with E-state index in [1.54, 1.807) is 7.11 Å². The van der Waals surface area contributed by atoms with Gasteiger partial charge in [-0.05, 0) is 48.6 Å². The zero-order chi connectivity index (χ0) is 15.4. The number of rotatable bonds is 4. The maximum atomic E-state index is 5.87. The molecule has 0 atom stereocenters. The Morgan fingerprint density at radius 3 is 2.36 bits per heavy atom. The molecule has 0 aromatic heterocycles. The third-order valence-electron chi connectivity index (χ3n) is 3.52. The van der Waals surface area contributed by atoms with Crippen molar-refractivity contribution in [3.05, 3.63) is 54.6 Å². The smallest absolute Gasteiger partial charge is 0.173 e. The van der Waals surface area contributed by atoms with E-state index in [0.29, 0.717) is 0 Å². The second-order valence-corrected chi connectivity index (χ2v) is 5.50. The maximum Gasteiger partial charge on any atom is 0.173 e. The molecule has 4 nitrogen and oxygen atoms in total. The van der Waals surface area contributed by atoms with E-state index >= 15 is 0 Å². The molecule has 0 unspecified atom stereocenters. The summed E-state index contributed by atoms with van der Waals surface area (Å²) in [4.78, 5) is 2.09. The molecule has 0 saturated carbocycles. The van der Waals surface area contributed by atoms with E-state index < -0.39 is 0 Å². The molecule has 22 heavy (non-hydrogen) atoms. The van der Waals surface area contributed by atoms with Crippen molar-refractivity contribution in [1.29, 1.82) is 0 Å². The summed E-state index contributed by atoms with van der Waals surface area (Å²) in [7, 11) is 1.65. The van der Waals surface area contributed by atoms with Gasteiger partial charge in [0.2, 0.25) is 0 Å². The van der Waals surface area contributed by atoms with E-state index in [4.69, 9.17) is 21.7 Å². The summed E-state index contributed by atoms with van der Waals surface area (Å²) in [5.41, 5.74) is 0.957. The fraction of sp³-hybridized carbons (Fsp3) is 0.235. The lowest BCUT2D eigenvalue weighted by atomic mass is 10.2. The summed E-state index contributed by atoms with van der Waals surface area (Å²) in [6.45, 7) is 1.60. The molecule has 0 aliphatic carbocycles. The lowest BCUT2D eigenvalue weighted by molar-refractivity contribution is 0.0694. The van der Waals surface area contributed by atoms with Crippen molar-refractivity contribution in [3.63, 3.8) is 0 Å². The molecule has 1 aliphatic heterocycles. The molecule has 2 aromatic rings. The van der Waals surface area contributed by atoms with Crippen LogP contribution in [0.1, 0.15) is 0 Å². The van der Waals surface area contributed by atoms with Crippen LogP contribution in [0.3, 0.4) is 0 Å². The van der Waals surface area contributed by atoms with Crippen molar-refractivity contribution < 1.29 is 9.47 Å². The molecule has 0 amide bonds. The molecule has 0 radical (unpaired) electrons. The molecule has 1 heterocycles. The monoisotopic (exact) mass is 314 g/mol. The Kier molecular flexibility index (Phi) is 4.44. The van der Waals surface area contributed by atoms with Gasteiger partial charge >= 0.3 is 0 Å². The fourth-order valence-corrected chi connectivity index (χ4v) is 2.51. The molecular formula is C17H18N2O2S. The Labute approximate surface area is 135 Å². The van der Waals surface area contributed by atoms with Gasteiger partial charge in [-0.1, -0.05) is 18.2 Å². The van der Waals surface area contributed by atoms with Crippen molar-refractivity contribution in [2.45, 2.75) is 6.10 Å². The van der Waals surface area contributed by atoms with Gasteiger partial charge in [-0.25, -0.2) is 0 Å². The number of methoxy groups -OCH3 is 1. The van der Waals surface area contributed by atoms with Crippen LogP contribution in [0, 0.1) is 0 Å². The van der Waals surface area contributed by atoms with Crippen LogP contribution >= 0.6 is 12.2 Å². The Balaban J connectivity index is 1.46. The van der Waals surface area contributed by atoms with Gasteiger partial charge < -0.3 is 19.7 Å². The summed E-state index contributed by atoms with van der Waals surface area (Å²) < 4.78 is 11.0. The number of nitrogens with zero attached hydrogens (tertiary/aromatic N) is 1. The molecule has 0 spiro atoms. The number of likely N-dealkylation sites (tertiary alicyclic amines) is 1. The fourth-order valence-electron chi connectivity index (χ4n) is 2.25. The average Bonchev–Trinajstić information content (AvgIpc) is 2.52. The summed E-state index contributed by atoms with van der Waals surface area (Å²) >= 11 is 5.42. The van der Waals surface area contributed by atoms with E-state index in [1.165, 1.54) is 0 Å². The molecule has 114 valence electrons. The van der Waals surface area contributed by atoms with Gasteiger partial charge in [-0.3, -0.25) is 0 Å². The van der Waals surface area contributed by atoms with Crippen LogP contribution in [0.25, 0.3) is 0 Å². The van der Waals surface area contributed by atoms with Crippen LogP contribution in [0.4, 0.5) is 5.69 Å². The van der Waals surface area contributed by atoms with Gasteiger partial charge in [0.05, 0.1) is 20.2 Å². The minimum Gasteiger partial charge on any atom is -0.497 e. The molecular weight excluding hydrogens is 296 g/mol. The number of nitrogens with one attached hydrogen (secondary N) is 1. The van der Waals surface area contributed by atoms with Gasteiger partial charge in [0.1, 0.15) is 17.6 Å². The number of hydrogen-bond donors (Lipinski definition) is 1. The van der Waals surface area contributed by atoms with Crippen LogP contribution in [0.15, 0.2) is 54.6 Å². The number of ether oxygens (including phenoxy) is 2. The van der Waals surface area contributed by atoms with Crippen molar-refractivity contribution in [2.75, 3.05) is 25.5 Å². The maximum absolute atomic E-state index is 5.87. The second-order valence-electron chi connectivity index (χ2n) is 5.12. The first kappa shape index (κ1) is 14.7. The predicted octanol–water partition coefficient (Wildman–Crippen LogP) is 3.16. The zero-order valence-corrected chi connectivity index (χ0v) is 13.2. The molecule has 0 bridgehead atoms. The van der Waals surface area contributed by atoms with E-state index in [2.05, 4.69) is 10.2 Å². The van der Waals surface area contributed by atoms with E-state index in [0.717, 1.165) is 35.4 Å². The second kappa shape index (κ2) is 6.66. The molecule has 1 fully saturated rings. The number of thiocarbonyl (C=S) groups is 1. The van der Waals surface area contributed by atoms with Crippen molar-refractivity contribution in [3.8, 4) is 11.5 Å². The van der Waals surface area contributed by atoms with Crippen LogP contribution in [-0.2, 0) is 0 Å². The van der Waals surface area contributed by atoms with Gasteiger partial charge in [-0.15, -0.1) is 0 Å². The molecule has 2 aromatic carbocycles. The molecule has 1 saturated heterocycles. The summed E-state index contributed by atoms with van der Waals surface area (Å²) in [6, 6.07) is 17.6. The average molecular weight is 314 g/mol. The van der Waals surface area contributed by atoms with E-state index in [9.17, 15) is 0 Å². The lowest BCUT2D eigenvalue weighted by Gasteiger charge is -2.40. The first-order valence-corrected chi connectivity index (χ1v) is 7.57. The number of para-hydroxylation sites is 1. The summed E-state index contributed by atoms with van der Waals surface area (Å²) in [5, 5.41) is 3.95. The number of anilines is 1. The highest BCUT2D eigenvalue weighted by Gasteiger charge is 2.30. The first-order chi connectivity index (χ1) is 10.7. The van der Waals surface area contributed by atoms with Crippen molar-refractivity contribution in [2.24, 2.45) is 0 Å². The number of hydrogen-bond acceptors (Lipinski definition) is 3. The Bertz CT molecular complexity index is 625. The van der Waals surface area contributed by atoms with Crippen molar-refractivity contribution >= 4 is 23.0 Å². The van der Waals surface area contributed by atoms with E-state index in [1.807, 2.05) is 54.6 Å². The predicted molar refractivity (Wildman–Crippen MR) is 91.6 cm³/mol. The Morgan fingerprint density at radius 1 is 1.05 bits per heavy atom. The summed E-state index contributed by atoms with van der Waals surface area (Å²) in [6.07, 6.45) is 0.193. The Hall–Kier alpha value is -2.27. The largest absolute Gasteiger partial charge is 0.497 e. The topological polar surface area (TPSA) is 33.7 Å². The van der Waals surface area contributed by atoms with Crippen LogP contribution < -0.4 is 14.8 Å². The number of benzene rings is 2. The lowest BCUT2D eigenvalue weighted by Crippen LogP contribution is -2.57. The highest BCUT2D eigenvalue weighted by atomic mass is 32.1. The quantitative estimate of drug-likeness (QED) is 0.877. The minimum atomic E-state index is 0.193. The molecule has 3 rings (SSSR count). The third kappa shape index (κ3) is 3.49. The Morgan fingerprint density at radius 2 is 1.73 bits per heavy atom. The SMILES string of the molecule is COc1ccc(NC(=S)N2CC(Oc3ccccc3)C2)cc1. The van der Waals surface area contributed by atoms with Crippen LogP contribution in [-0.4, -0.2) is 36.3 Å². The van der Waals surface area contributed by atoms with Gasteiger partial charge in [-0.2, -0.15) is 0 Å². The van der Waals surface area contributed by atoms with Gasteiger partial charge in [0.15, 0.2) is 5.11 Å². The third-order valence-corrected chi connectivity index (χ3v) is 3.88. The molecule has 5 heteroatoms. The van der Waals surface area contributed by atoms with E-state index in [-0.39, 0.29) is 6.10 Å². The highest BCUT2D eigenvalue weighted by Crippen LogP contribution is 2.20. The summed E-state index contributed by atoms with van der Waals surface area (Å²) in [5.74, 6) is 1.73. The van der Waals surface area contributed by atoms with Crippen molar-refractivity contribution in [1.82, 2.24) is 4.90 Å². The van der Waals surface area contributed by atoms with Crippen LogP contribution in [0.2, 0.25) is 0 Å². The minimum absolute atomic E-state index is 0.193. The first-order valence-electron chi connectivity index (χ1n) is 7.16. The molecule has 1 N–H and O–H groups in total. The van der Waals surface area contributed by atoms with Gasteiger partial charge in [0, 0.05) is 5.69 Å².